The van der Waals surface area contributed by atoms with Gasteiger partial charge in [0.15, 0.2) is 11.6 Å². The van der Waals surface area contributed by atoms with Crippen LogP contribution in [-0.4, -0.2) is 11.7 Å². The lowest BCUT2D eigenvalue weighted by Gasteiger charge is -1.81. The predicted molar refractivity (Wildman–Crippen MR) is 40.2 cm³/mol. The van der Waals surface area contributed by atoms with Gasteiger partial charge in [0, 0.05) is 0 Å². The van der Waals surface area contributed by atoms with Crippen molar-refractivity contribution in [2.75, 3.05) is 5.73 Å². The van der Waals surface area contributed by atoms with Gasteiger partial charge in [0.25, 0.3) is 6.01 Å². The van der Waals surface area contributed by atoms with Gasteiger partial charge in [-0.2, -0.15) is 4.98 Å². The Hall–Kier alpha value is -1.58. The molecular weight excluding hydrogens is 130 g/mol. The molecule has 0 atom stereocenters. The smallest absolute Gasteiger partial charge is 0.294 e. The van der Waals surface area contributed by atoms with Crippen molar-refractivity contribution in [2.45, 2.75) is 0 Å². The van der Waals surface area contributed by atoms with E-state index >= 15 is 0 Å². The van der Waals surface area contributed by atoms with Crippen LogP contribution in [0.1, 0.15) is 5.76 Å². The highest BCUT2D eigenvalue weighted by atomic mass is 16.4. The Morgan fingerprint density at radius 3 is 2.80 bits per heavy atom. The summed E-state index contributed by atoms with van der Waals surface area (Å²) >= 11 is 0. The highest BCUT2D eigenvalue weighted by Gasteiger charge is 2.04. The van der Waals surface area contributed by atoms with Gasteiger partial charge < -0.3 is 10.2 Å². The van der Waals surface area contributed by atoms with Crippen LogP contribution in [0.25, 0.3) is 6.08 Å². The molecule has 0 saturated carbocycles. The molecule has 0 aromatic carbocycles. The Kier molecular flexibility index (Phi) is 1.53. The topological polar surface area (TPSA) is 64.4 Å². The molecule has 1 heterocycles. The Balaban J connectivity index is 3.20. The maximum Gasteiger partial charge on any atom is 0.294 e. The lowest BCUT2D eigenvalue weighted by molar-refractivity contribution is 0.571. The molecule has 4 nitrogen and oxygen atoms in total. The molecule has 0 aliphatic carbocycles. The van der Waals surface area contributed by atoms with E-state index in [4.69, 9.17) is 10.2 Å². The number of anilines is 1. The van der Waals surface area contributed by atoms with E-state index in [1.807, 2.05) is 0 Å². The zero-order valence-electron chi connectivity index (χ0n) is 5.37. The van der Waals surface area contributed by atoms with Gasteiger partial charge in [0.2, 0.25) is 0 Å². The first-order valence-electron chi connectivity index (χ1n) is 2.63. The molecular formula is C6H7N3O. The first-order chi connectivity index (χ1) is 4.77. The molecule has 0 fully saturated rings. The Bertz CT molecular complexity index is 238. The third-order valence-corrected chi connectivity index (χ3v) is 0.986. The largest absolute Gasteiger partial charge is 0.422 e. The van der Waals surface area contributed by atoms with Gasteiger partial charge in [-0.15, -0.1) is 0 Å². The number of aromatic nitrogens is 1. The summed E-state index contributed by atoms with van der Waals surface area (Å²) < 4.78 is 4.87. The van der Waals surface area contributed by atoms with Crippen LogP contribution >= 0.6 is 0 Å². The van der Waals surface area contributed by atoms with Crippen molar-refractivity contribution >= 4 is 24.6 Å². The van der Waals surface area contributed by atoms with E-state index in [2.05, 4.69) is 23.3 Å². The average Bonchev–Trinajstić information content (AvgIpc) is 2.30. The second-order valence-electron chi connectivity index (χ2n) is 1.60. The lowest BCUT2D eigenvalue weighted by atomic mass is 10.5. The van der Waals surface area contributed by atoms with Crippen molar-refractivity contribution in [1.29, 1.82) is 0 Å². The summed E-state index contributed by atoms with van der Waals surface area (Å²) in [6.45, 7) is 6.75. The average molecular weight is 137 g/mol. The number of rotatable bonds is 2. The Morgan fingerprint density at radius 2 is 2.40 bits per heavy atom. The summed E-state index contributed by atoms with van der Waals surface area (Å²) in [6.07, 6.45) is 1.48. The zero-order chi connectivity index (χ0) is 7.56. The maximum atomic E-state index is 5.22. The van der Waals surface area contributed by atoms with Gasteiger partial charge in [-0.05, 0) is 12.8 Å². The van der Waals surface area contributed by atoms with Crippen molar-refractivity contribution in [3.05, 3.63) is 12.3 Å². The van der Waals surface area contributed by atoms with Crippen molar-refractivity contribution in [2.24, 2.45) is 4.99 Å². The molecule has 1 rings (SSSR count). The minimum absolute atomic E-state index is 0.0808. The van der Waals surface area contributed by atoms with E-state index in [9.17, 15) is 0 Å². The number of nitrogens with two attached hydrogens (primary N) is 1. The fourth-order valence-electron chi connectivity index (χ4n) is 0.587. The van der Waals surface area contributed by atoms with E-state index in [1.54, 1.807) is 0 Å². The summed E-state index contributed by atoms with van der Waals surface area (Å²) in [5, 5.41) is 0. The van der Waals surface area contributed by atoms with Gasteiger partial charge in [-0.25, -0.2) is 4.99 Å². The van der Waals surface area contributed by atoms with Crippen LogP contribution in [0.4, 0.5) is 11.8 Å². The van der Waals surface area contributed by atoms with Gasteiger partial charge >= 0.3 is 0 Å². The molecule has 0 aliphatic rings. The molecule has 2 N–H and O–H groups in total. The monoisotopic (exact) mass is 137 g/mol. The highest BCUT2D eigenvalue weighted by molar-refractivity contribution is 5.57. The minimum atomic E-state index is 0.0808. The zero-order valence-corrected chi connectivity index (χ0v) is 5.37. The SMILES string of the molecule is C=Cc1oc(N)nc1N=C. The molecule has 0 amide bonds. The van der Waals surface area contributed by atoms with Gasteiger partial charge in [0.05, 0.1) is 0 Å². The van der Waals surface area contributed by atoms with Crippen LogP contribution in [0.5, 0.6) is 0 Å². The number of nitrogens with zero attached hydrogens (tertiary/aromatic N) is 2. The fourth-order valence-corrected chi connectivity index (χ4v) is 0.587. The molecule has 1 aromatic rings. The standard InChI is InChI=1S/C6H7N3O/c1-3-4-5(8-2)9-6(7)10-4/h3H,1-2H2,(H2,7,9). The van der Waals surface area contributed by atoms with Crippen LogP contribution in [0.2, 0.25) is 0 Å². The van der Waals surface area contributed by atoms with E-state index in [-0.39, 0.29) is 6.01 Å². The number of oxazole rings is 1. The van der Waals surface area contributed by atoms with E-state index in [1.165, 1.54) is 6.08 Å². The van der Waals surface area contributed by atoms with Gasteiger partial charge in [0.1, 0.15) is 0 Å². The molecule has 4 heteroatoms. The summed E-state index contributed by atoms with van der Waals surface area (Å²) in [7, 11) is 0. The molecule has 0 spiro atoms. The maximum absolute atomic E-state index is 5.22. The van der Waals surface area contributed by atoms with E-state index in [0.29, 0.717) is 11.6 Å². The van der Waals surface area contributed by atoms with Crippen molar-refractivity contribution in [1.82, 2.24) is 4.98 Å². The Morgan fingerprint density at radius 1 is 1.70 bits per heavy atom. The Labute approximate surface area is 58.1 Å². The lowest BCUT2D eigenvalue weighted by Crippen LogP contribution is -1.80. The first-order valence-corrected chi connectivity index (χ1v) is 2.63. The van der Waals surface area contributed by atoms with Gasteiger partial charge in [-0.3, -0.25) is 0 Å². The van der Waals surface area contributed by atoms with Crippen LogP contribution in [-0.2, 0) is 0 Å². The molecule has 52 valence electrons. The normalized spacial score (nSPS) is 9.20. The third-order valence-electron chi connectivity index (χ3n) is 0.986. The van der Waals surface area contributed by atoms with Crippen molar-refractivity contribution in [3.63, 3.8) is 0 Å². The summed E-state index contributed by atoms with van der Waals surface area (Å²) in [4.78, 5) is 7.27. The molecule has 1 aromatic heterocycles. The second-order valence-corrected chi connectivity index (χ2v) is 1.60. The van der Waals surface area contributed by atoms with Crippen LogP contribution in [0.3, 0.4) is 0 Å². The van der Waals surface area contributed by atoms with Crippen molar-refractivity contribution in [3.8, 4) is 0 Å². The summed E-state index contributed by atoms with van der Waals surface area (Å²) in [6, 6.07) is 0.0808. The van der Waals surface area contributed by atoms with Crippen LogP contribution in [0, 0.1) is 0 Å². The first kappa shape index (κ1) is 6.54. The number of nitrogen functional groups attached to an aromatic ring is 1. The number of hydrogen-bond donors (Lipinski definition) is 1. The fraction of sp³-hybridized carbons (Fsp3) is 0. The number of hydrogen-bond acceptors (Lipinski definition) is 4. The molecule has 0 unspecified atom stereocenters. The third kappa shape index (κ3) is 0.907. The molecule has 0 bridgehead atoms. The summed E-state index contributed by atoms with van der Waals surface area (Å²) in [5.74, 6) is 0.833. The second kappa shape index (κ2) is 2.34. The molecule has 10 heavy (non-hydrogen) atoms. The molecule has 0 saturated heterocycles. The van der Waals surface area contributed by atoms with Crippen LogP contribution < -0.4 is 5.73 Å². The van der Waals surface area contributed by atoms with E-state index in [0.717, 1.165) is 0 Å². The van der Waals surface area contributed by atoms with E-state index < -0.39 is 0 Å². The van der Waals surface area contributed by atoms with Gasteiger partial charge in [-0.1, -0.05) is 6.58 Å². The van der Waals surface area contributed by atoms with Crippen molar-refractivity contribution < 1.29 is 4.42 Å². The minimum Gasteiger partial charge on any atom is -0.422 e. The quantitative estimate of drug-likeness (QED) is 0.623. The predicted octanol–water partition coefficient (Wildman–Crippen LogP) is 1.23. The van der Waals surface area contributed by atoms with Crippen LogP contribution in [0.15, 0.2) is 16.0 Å². The molecule has 0 radical (unpaired) electrons. The highest BCUT2D eigenvalue weighted by Crippen LogP contribution is 2.20. The molecule has 0 aliphatic heterocycles. The number of aliphatic imine (C=N–C) groups is 1. The summed E-state index contributed by atoms with van der Waals surface area (Å²) in [5.41, 5.74) is 5.22.